The van der Waals surface area contributed by atoms with E-state index in [0.29, 0.717) is 40.9 Å². The molecule has 1 aliphatic carbocycles. The van der Waals surface area contributed by atoms with Gasteiger partial charge in [-0.3, -0.25) is 14.5 Å². The summed E-state index contributed by atoms with van der Waals surface area (Å²) < 4.78 is 6.36. The van der Waals surface area contributed by atoms with Crippen LogP contribution in [0.2, 0.25) is 5.02 Å². The Balaban J connectivity index is 1.58. The second kappa shape index (κ2) is 8.17. The highest BCUT2D eigenvalue weighted by Crippen LogP contribution is 2.46. The van der Waals surface area contributed by atoms with Gasteiger partial charge in [0.2, 0.25) is 11.8 Å². The van der Waals surface area contributed by atoms with Crippen molar-refractivity contribution in [3.05, 3.63) is 76.8 Å². The molecule has 7 nitrogen and oxygen atoms in total. The zero-order chi connectivity index (χ0) is 23.2. The van der Waals surface area contributed by atoms with Crippen LogP contribution in [0.15, 0.2) is 60.7 Å². The number of nitrogens with one attached hydrogen (secondary N) is 2. The summed E-state index contributed by atoms with van der Waals surface area (Å²) in [5, 5.41) is 6.28. The van der Waals surface area contributed by atoms with E-state index in [1.807, 2.05) is 24.3 Å². The lowest BCUT2D eigenvalue weighted by atomic mass is 9.95. The molecule has 0 unspecified atom stereocenters. The fourth-order valence-electron chi connectivity index (χ4n) is 4.31. The molecular formula is C25H23ClN4O3. The summed E-state index contributed by atoms with van der Waals surface area (Å²) in [5.74, 6) is 0.287. The van der Waals surface area contributed by atoms with Gasteiger partial charge in [-0.25, -0.2) is 0 Å². The highest BCUT2D eigenvalue weighted by atomic mass is 35.5. The van der Waals surface area contributed by atoms with Gasteiger partial charge in [0.05, 0.1) is 6.04 Å². The second-order valence-corrected chi connectivity index (χ2v) is 8.79. The Hall–Kier alpha value is -3.42. The Bertz CT molecular complexity index is 1220. The number of nitrogens with zero attached hydrogens (tertiary/aromatic N) is 2. The molecule has 2 amide bonds. The van der Waals surface area contributed by atoms with Gasteiger partial charge in [0.1, 0.15) is 11.5 Å². The first-order valence-corrected chi connectivity index (χ1v) is 11.1. The number of rotatable bonds is 4. The molecule has 2 heterocycles. The van der Waals surface area contributed by atoms with Crippen molar-refractivity contribution in [2.75, 3.05) is 17.3 Å². The molecule has 2 N–H and O–H groups in total. The summed E-state index contributed by atoms with van der Waals surface area (Å²) in [7, 11) is 1.71. The summed E-state index contributed by atoms with van der Waals surface area (Å²) in [6, 6.07) is 18.1. The lowest BCUT2D eigenvalue weighted by Crippen LogP contribution is -2.55. The molecule has 0 radical (unpaired) electrons. The monoisotopic (exact) mass is 462 g/mol. The van der Waals surface area contributed by atoms with Gasteiger partial charge in [-0.2, -0.15) is 4.98 Å². The van der Waals surface area contributed by atoms with E-state index in [9.17, 15) is 9.59 Å². The van der Waals surface area contributed by atoms with Crippen LogP contribution < -0.4 is 20.3 Å². The van der Waals surface area contributed by atoms with Crippen molar-refractivity contribution in [3.63, 3.8) is 0 Å². The van der Waals surface area contributed by atoms with E-state index >= 15 is 0 Å². The van der Waals surface area contributed by atoms with Gasteiger partial charge in [0.15, 0.2) is 5.60 Å². The van der Waals surface area contributed by atoms with Crippen LogP contribution in [0, 0.1) is 0 Å². The van der Waals surface area contributed by atoms with Crippen LogP contribution in [0.4, 0.5) is 17.2 Å². The molecule has 2 aromatic carbocycles. The molecule has 0 bridgehead atoms. The Morgan fingerprint density at radius 1 is 1.09 bits per heavy atom. The number of aromatic nitrogens is 1. The van der Waals surface area contributed by atoms with Gasteiger partial charge >= 0.3 is 0 Å². The number of carbonyl (C=O) groups is 2. The number of ether oxygens (including phenoxy) is 1. The minimum atomic E-state index is -1.11. The zero-order valence-electron chi connectivity index (χ0n) is 18.3. The molecule has 3 aromatic rings. The van der Waals surface area contributed by atoms with Gasteiger partial charge in [0, 0.05) is 23.6 Å². The highest BCUT2D eigenvalue weighted by molar-refractivity contribution is 6.30. The largest absolute Gasteiger partial charge is 0.459 e. The maximum absolute atomic E-state index is 13.9. The molecule has 8 heteroatoms. The van der Waals surface area contributed by atoms with Crippen molar-refractivity contribution in [3.8, 4) is 5.88 Å². The predicted molar refractivity (Wildman–Crippen MR) is 127 cm³/mol. The third kappa shape index (κ3) is 3.73. The van der Waals surface area contributed by atoms with Crippen LogP contribution >= 0.6 is 11.6 Å². The van der Waals surface area contributed by atoms with E-state index in [-0.39, 0.29) is 17.9 Å². The van der Waals surface area contributed by atoms with Crippen molar-refractivity contribution < 1.29 is 14.3 Å². The first-order chi connectivity index (χ1) is 15.9. The minimum Gasteiger partial charge on any atom is -0.459 e. The molecule has 1 spiro atoms. The van der Waals surface area contributed by atoms with E-state index in [2.05, 4.69) is 15.6 Å². The number of halogens is 1. The lowest BCUT2D eigenvalue weighted by molar-refractivity contribution is -0.134. The van der Waals surface area contributed by atoms with Crippen LogP contribution in [0.25, 0.3) is 0 Å². The smallest absolute Gasteiger partial charge is 0.276 e. The van der Waals surface area contributed by atoms with Crippen LogP contribution in [-0.4, -0.2) is 35.5 Å². The van der Waals surface area contributed by atoms with Gasteiger partial charge < -0.3 is 15.4 Å². The van der Waals surface area contributed by atoms with E-state index in [1.165, 1.54) is 0 Å². The number of anilines is 3. The van der Waals surface area contributed by atoms with Crippen LogP contribution in [-0.2, 0) is 22.4 Å². The SMILES string of the molecule is CN[C@@H](C)C(=O)Nc1ccc2c(n1)OC1(Cc3ccccc3C1)C(=O)N2c1ccc(Cl)cc1. The molecule has 1 aromatic heterocycles. The average molecular weight is 463 g/mol. The second-order valence-electron chi connectivity index (χ2n) is 8.36. The summed E-state index contributed by atoms with van der Waals surface area (Å²) >= 11 is 6.09. The number of carbonyl (C=O) groups excluding carboxylic acids is 2. The van der Waals surface area contributed by atoms with Crippen molar-refractivity contribution in [1.82, 2.24) is 10.3 Å². The molecule has 5 rings (SSSR count). The number of likely N-dealkylation sites (N-methyl/N-ethyl adjacent to an activating group) is 1. The molecular weight excluding hydrogens is 440 g/mol. The third-order valence-corrected chi connectivity index (χ3v) is 6.45. The standard InChI is InChI=1S/C25H23ClN4O3/c1-15(27-2)22(31)28-21-12-11-20-23(29-21)33-25(13-16-5-3-4-6-17(16)14-25)24(32)30(20)19-9-7-18(26)8-10-19/h3-12,15,27H,13-14H2,1-2H3,(H,28,29,31)/t15-/m0/s1. The van der Waals surface area contributed by atoms with E-state index in [4.69, 9.17) is 16.3 Å². The molecule has 168 valence electrons. The van der Waals surface area contributed by atoms with Crippen LogP contribution in [0.3, 0.4) is 0 Å². The predicted octanol–water partition coefficient (Wildman–Crippen LogP) is 3.88. The summed E-state index contributed by atoms with van der Waals surface area (Å²) in [5.41, 5.74) is 2.25. The van der Waals surface area contributed by atoms with Crippen molar-refractivity contribution >= 4 is 40.6 Å². The topological polar surface area (TPSA) is 83.6 Å². The zero-order valence-corrected chi connectivity index (χ0v) is 19.0. The number of pyridine rings is 1. The van der Waals surface area contributed by atoms with E-state index in [0.717, 1.165) is 11.1 Å². The number of hydrogen-bond acceptors (Lipinski definition) is 5. The number of fused-ring (bicyclic) bond motifs is 2. The Kier molecular flexibility index (Phi) is 5.31. The summed E-state index contributed by atoms with van der Waals surface area (Å²) in [6.45, 7) is 1.76. The Labute approximate surface area is 196 Å². The summed E-state index contributed by atoms with van der Waals surface area (Å²) in [4.78, 5) is 32.5. The maximum atomic E-state index is 13.9. The maximum Gasteiger partial charge on any atom is 0.276 e. The van der Waals surface area contributed by atoms with Gasteiger partial charge in [-0.05, 0) is 61.5 Å². The quantitative estimate of drug-likeness (QED) is 0.614. The first kappa shape index (κ1) is 21.4. The Morgan fingerprint density at radius 3 is 2.39 bits per heavy atom. The molecule has 1 aliphatic heterocycles. The van der Waals surface area contributed by atoms with E-state index < -0.39 is 5.60 Å². The minimum absolute atomic E-state index is 0.157. The number of benzene rings is 2. The average Bonchev–Trinajstić information content (AvgIpc) is 3.19. The first-order valence-electron chi connectivity index (χ1n) is 10.8. The number of hydrogen-bond donors (Lipinski definition) is 2. The van der Waals surface area contributed by atoms with Crippen molar-refractivity contribution in [2.45, 2.75) is 31.4 Å². The van der Waals surface area contributed by atoms with E-state index in [1.54, 1.807) is 55.3 Å². The lowest BCUT2D eigenvalue weighted by Gasteiger charge is -2.40. The molecule has 0 saturated heterocycles. The highest BCUT2D eigenvalue weighted by Gasteiger charge is 2.53. The van der Waals surface area contributed by atoms with Gasteiger partial charge in [-0.1, -0.05) is 35.9 Å². The molecule has 2 aliphatic rings. The fraction of sp³-hybridized carbons (Fsp3) is 0.240. The third-order valence-electron chi connectivity index (χ3n) is 6.20. The van der Waals surface area contributed by atoms with Gasteiger partial charge in [0.25, 0.3) is 5.91 Å². The van der Waals surface area contributed by atoms with Crippen LogP contribution in [0.1, 0.15) is 18.1 Å². The van der Waals surface area contributed by atoms with Crippen LogP contribution in [0.5, 0.6) is 5.88 Å². The fourth-order valence-corrected chi connectivity index (χ4v) is 4.43. The molecule has 1 atom stereocenters. The van der Waals surface area contributed by atoms with Crippen molar-refractivity contribution in [1.29, 1.82) is 0 Å². The van der Waals surface area contributed by atoms with Gasteiger partial charge in [-0.15, -0.1) is 0 Å². The molecule has 33 heavy (non-hydrogen) atoms. The van der Waals surface area contributed by atoms with Crippen molar-refractivity contribution in [2.24, 2.45) is 0 Å². The Morgan fingerprint density at radius 2 is 1.76 bits per heavy atom. The summed E-state index contributed by atoms with van der Waals surface area (Å²) in [6.07, 6.45) is 0.890. The molecule has 0 saturated carbocycles. The number of amides is 2. The normalized spacial score (nSPS) is 16.7. The molecule has 0 fully saturated rings.